The van der Waals surface area contributed by atoms with E-state index in [1.165, 1.54) is 38.2 Å². The Morgan fingerprint density at radius 2 is 1.68 bits per heavy atom. The highest BCUT2D eigenvalue weighted by atomic mass is 31.1. The van der Waals surface area contributed by atoms with E-state index in [1.807, 2.05) is 0 Å². The third-order valence-corrected chi connectivity index (χ3v) is 7.56. The zero-order valence-electron chi connectivity index (χ0n) is 14.4. The second-order valence-electron chi connectivity index (χ2n) is 6.29. The summed E-state index contributed by atoms with van der Waals surface area (Å²) in [5.41, 5.74) is 0. The molecule has 0 radical (unpaired) electrons. The quantitative estimate of drug-likeness (QED) is 0.423. The van der Waals surface area contributed by atoms with Crippen molar-refractivity contribution in [3.63, 3.8) is 0 Å². The van der Waals surface area contributed by atoms with Gasteiger partial charge in [-0.3, -0.25) is 0 Å². The van der Waals surface area contributed by atoms with Crippen LogP contribution in [0.15, 0.2) is 18.2 Å². The molecule has 22 heavy (non-hydrogen) atoms. The van der Waals surface area contributed by atoms with Crippen molar-refractivity contribution in [1.29, 1.82) is 0 Å². The van der Waals surface area contributed by atoms with E-state index in [4.69, 9.17) is 0 Å². The number of rotatable bonds is 11. The topological polar surface area (TPSA) is 0 Å². The van der Waals surface area contributed by atoms with Crippen LogP contribution >= 0.6 is 7.92 Å². The zero-order chi connectivity index (χ0) is 16.4. The van der Waals surface area contributed by atoms with Gasteiger partial charge in [0, 0.05) is 14.0 Å². The first-order chi connectivity index (χ1) is 10.6. The van der Waals surface area contributed by atoms with Crippen LogP contribution in [0.2, 0.25) is 0 Å². The standard InChI is InChI=1S/C19H31F2P/c1-4-7-9-16(6-3)12-14-22(13-8-5-2)19-11-10-17(20)15-18(19)21/h10-11,15-16H,4-9,12-14H2,1-3H3/p+1. The Morgan fingerprint density at radius 3 is 2.27 bits per heavy atom. The Morgan fingerprint density at radius 1 is 0.955 bits per heavy atom. The van der Waals surface area contributed by atoms with Gasteiger partial charge in [0.25, 0.3) is 0 Å². The van der Waals surface area contributed by atoms with Crippen LogP contribution in [-0.2, 0) is 0 Å². The van der Waals surface area contributed by atoms with Crippen molar-refractivity contribution in [3.8, 4) is 0 Å². The summed E-state index contributed by atoms with van der Waals surface area (Å²) in [5.74, 6) is -0.0239. The Bertz CT molecular complexity index is 420. The lowest BCUT2D eigenvalue weighted by Gasteiger charge is -2.17. The molecule has 0 spiro atoms. The lowest BCUT2D eigenvalue weighted by molar-refractivity contribution is 0.441. The van der Waals surface area contributed by atoms with Gasteiger partial charge in [0.15, 0.2) is 5.82 Å². The number of hydrogen-bond acceptors (Lipinski definition) is 0. The van der Waals surface area contributed by atoms with Crippen LogP contribution < -0.4 is 5.30 Å². The molecule has 0 aliphatic heterocycles. The molecule has 0 amide bonds. The molecule has 0 aromatic heterocycles. The lowest BCUT2D eigenvalue weighted by atomic mass is 9.97. The van der Waals surface area contributed by atoms with Crippen LogP contribution in [0.1, 0.15) is 65.7 Å². The molecule has 0 nitrogen and oxygen atoms in total. The van der Waals surface area contributed by atoms with Crippen molar-refractivity contribution >= 4 is 13.2 Å². The van der Waals surface area contributed by atoms with Crippen molar-refractivity contribution < 1.29 is 8.78 Å². The fraction of sp³-hybridized carbons (Fsp3) is 0.684. The second kappa shape index (κ2) is 11.1. The molecule has 0 bridgehead atoms. The fourth-order valence-corrected chi connectivity index (χ4v) is 6.04. The average molecular weight is 329 g/mol. The van der Waals surface area contributed by atoms with Crippen LogP contribution in [0.3, 0.4) is 0 Å². The molecule has 1 rings (SSSR count). The largest absolute Gasteiger partial charge is 0.207 e. The minimum absolute atomic E-state index is 0.327. The molecule has 0 aliphatic rings. The van der Waals surface area contributed by atoms with E-state index >= 15 is 0 Å². The molecule has 0 fully saturated rings. The number of hydrogen-bond donors (Lipinski definition) is 0. The van der Waals surface area contributed by atoms with Gasteiger partial charge in [-0.05, 0) is 30.9 Å². The minimum Gasteiger partial charge on any atom is -0.207 e. The Balaban J connectivity index is 2.71. The third-order valence-electron chi connectivity index (χ3n) is 4.54. The van der Waals surface area contributed by atoms with E-state index in [2.05, 4.69) is 20.8 Å². The molecule has 0 saturated heterocycles. The highest BCUT2D eigenvalue weighted by molar-refractivity contribution is 7.65. The summed E-state index contributed by atoms with van der Waals surface area (Å²) in [4.78, 5) is 0. The van der Waals surface area contributed by atoms with Gasteiger partial charge < -0.3 is 0 Å². The van der Waals surface area contributed by atoms with E-state index in [1.54, 1.807) is 6.07 Å². The van der Waals surface area contributed by atoms with Crippen LogP contribution in [0.4, 0.5) is 8.78 Å². The fourth-order valence-electron chi connectivity index (χ4n) is 2.98. The maximum Gasteiger partial charge on any atom is 0.167 e. The number of halogens is 2. The maximum absolute atomic E-state index is 14.1. The van der Waals surface area contributed by atoms with Gasteiger partial charge in [-0.25, -0.2) is 8.78 Å². The van der Waals surface area contributed by atoms with Crippen molar-refractivity contribution in [2.75, 3.05) is 12.3 Å². The van der Waals surface area contributed by atoms with Crippen LogP contribution in [0.5, 0.6) is 0 Å². The molecule has 0 heterocycles. The number of benzene rings is 1. The third kappa shape index (κ3) is 6.73. The van der Waals surface area contributed by atoms with Gasteiger partial charge in [0.2, 0.25) is 0 Å². The van der Waals surface area contributed by atoms with Gasteiger partial charge in [0.1, 0.15) is 11.1 Å². The first-order valence-corrected chi connectivity index (χ1v) is 10.8. The van der Waals surface area contributed by atoms with E-state index in [9.17, 15) is 8.78 Å². The minimum atomic E-state index is -0.903. The van der Waals surface area contributed by atoms with E-state index in [0.717, 1.165) is 42.5 Å². The van der Waals surface area contributed by atoms with E-state index in [0.29, 0.717) is 0 Å². The summed E-state index contributed by atoms with van der Waals surface area (Å²) in [7, 11) is -0.903. The van der Waals surface area contributed by atoms with Crippen molar-refractivity contribution in [2.24, 2.45) is 5.92 Å². The van der Waals surface area contributed by atoms with E-state index < -0.39 is 13.7 Å². The SMILES string of the molecule is CCCCC(CC)CC[PH+](CCCC)c1ccc(F)cc1F. The lowest BCUT2D eigenvalue weighted by Crippen LogP contribution is -2.13. The van der Waals surface area contributed by atoms with Crippen LogP contribution in [0, 0.1) is 17.6 Å². The summed E-state index contributed by atoms with van der Waals surface area (Å²) < 4.78 is 27.3. The summed E-state index contributed by atoms with van der Waals surface area (Å²) >= 11 is 0. The normalized spacial score (nSPS) is 14.0. The molecule has 126 valence electrons. The zero-order valence-corrected chi connectivity index (χ0v) is 15.4. The first kappa shape index (κ1) is 19.6. The van der Waals surface area contributed by atoms with Crippen LogP contribution in [-0.4, -0.2) is 12.3 Å². The smallest absolute Gasteiger partial charge is 0.167 e. The van der Waals surface area contributed by atoms with Crippen molar-refractivity contribution in [2.45, 2.75) is 65.7 Å². The Hall–Kier alpha value is -0.490. The highest BCUT2D eigenvalue weighted by Gasteiger charge is 2.24. The molecule has 0 N–H and O–H groups in total. The Kier molecular flexibility index (Phi) is 9.87. The van der Waals surface area contributed by atoms with Gasteiger partial charge in [-0.2, -0.15) is 0 Å². The molecular weight excluding hydrogens is 297 g/mol. The molecule has 0 saturated carbocycles. The molecule has 1 aromatic carbocycles. The van der Waals surface area contributed by atoms with Gasteiger partial charge in [-0.1, -0.05) is 52.9 Å². The summed E-state index contributed by atoms with van der Waals surface area (Å²) in [6.45, 7) is 6.67. The molecular formula is C19H32F2P+. The van der Waals surface area contributed by atoms with E-state index in [-0.39, 0.29) is 5.82 Å². The van der Waals surface area contributed by atoms with Gasteiger partial charge in [-0.15, -0.1) is 0 Å². The van der Waals surface area contributed by atoms with Crippen molar-refractivity contribution in [3.05, 3.63) is 29.8 Å². The first-order valence-electron chi connectivity index (χ1n) is 8.92. The van der Waals surface area contributed by atoms with Crippen molar-refractivity contribution in [1.82, 2.24) is 0 Å². The molecule has 3 heteroatoms. The summed E-state index contributed by atoms with van der Waals surface area (Å²) in [6, 6.07) is 4.17. The summed E-state index contributed by atoms with van der Waals surface area (Å²) in [6.07, 6.45) is 10.8. The molecule has 0 aliphatic carbocycles. The predicted octanol–water partition coefficient (Wildman–Crippen LogP) is 6.21. The molecule has 2 unspecified atom stereocenters. The highest BCUT2D eigenvalue weighted by Crippen LogP contribution is 2.39. The average Bonchev–Trinajstić information content (AvgIpc) is 2.51. The molecule has 2 atom stereocenters. The second-order valence-corrected chi connectivity index (χ2v) is 9.03. The van der Waals surface area contributed by atoms with Gasteiger partial charge in [0.05, 0.1) is 12.3 Å². The Labute approximate surface area is 136 Å². The summed E-state index contributed by atoms with van der Waals surface area (Å²) in [5, 5.41) is 0.810. The van der Waals surface area contributed by atoms with Gasteiger partial charge >= 0.3 is 0 Å². The van der Waals surface area contributed by atoms with Crippen LogP contribution in [0.25, 0.3) is 0 Å². The predicted molar refractivity (Wildman–Crippen MR) is 96.9 cm³/mol. The monoisotopic (exact) mass is 329 g/mol. The maximum atomic E-state index is 14.1. The number of unbranched alkanes of at least 4 members (excludes halogenated alkanes) is 2. The molecule has 1 aromatic rings.